The summed E-state index contributed by atoms with van der Waals surface area (Å²) < 4.78 is 13.6. The summed E-state index contributed by atoms with van der Waals surface area (Å²) in [4.78, 5) is 12.2. The van der Waals surface area contributed by atoms with Gasteiger partial charge in [0.2, 0.25) is 0 Å². The summed E-state index contributed by atoms with van der Waals surface area (Å²) in [7, 11) is 0. The fourth-order valence-electron chi connectivity index (χ4n) is 1.85. The minimum Gasteiger partial charge on any atom is -0.396 e. The molecule has 0 saturated heterocycles. The Labute approximate surface area is 129 Å². The lowest BCUT2D eigenvalue weighted by Crippen LogP contribution is -2.34. The average molecular weight is 357 g/mol. The van der Waals surface area contributed by atoms with Crippen molar-refractivity contribution >= 4 is 38.9 Å². The van der Waals surface area contributed by atoms with E-state index in [-0.39, 0.29) is 17.6 Å². The first kappa shape index (κ1) is 15.0. The van der Waals surface area contributed by atoms with Gasteiger partial charge < -0.3 is 11.1 Å². The van der Waals surface area contributed by atoms with Crippen molar-refractivity contribution in [3.05, 3.63) is 50.4 Å². The second kappa shape index (κ2) is 6.37. The van der Waals surface area contributed by atoms with E-state index in [9.17, 15) is 9.18 Å². The highest BCUT2D eigenvalue weighted by Gasteiger charge is 2.15. The SMILES string of the molecule is CC(Cc1ccsc1)NC(=O)c1cc(N)c(F)cc1Br. The fraction of sp³-hybridized carbons (Fsp3) is 0.214. The van der Waals surface area contributed by atoms with Crippen LogP contribution in [0.5, 0.6) is 0 Å². The third kappa shape index (κ3) is 3.58. The van der Waals surface area contributed by atoms with Crippen LogP contribution in [-0.2, 0) is 6.42 Å². The summed E-state index contributed by atoms with van der Waals surface area (Å²) >= 11 is 4.80. The number of rotatable bonds is 4. The molecule has 0 aliphatic carbocycles. The summed E-state index contributed by atoms with van der Waals surface area (Å²) in [5.74, 6) is -0.814. The Morgan fingerprint density at radius 3 is 2.95 bits per heavy atom. The van der Waals surface area contributed by atoms with E-state index in [1.165, 1.54) is 17.7 Å². The number of hydrogen-bond acceptors (Lipinski definition) is 3. The van der Waals surface area contributed by atoms with E-state index in [1.54, 1.807) is 11.3 Å². The largest absolute Gasteiger partial charge is 0.396 e. The van der Waals surface area contributed by atoms with Crippen LogP contribution in [0, 0.1) is 5.82 Å². The second-order valence-corrected chi connectivity index (χ2v) is 6.20. The van der Waals surface area contributed by atoms with Gasteiger partial charge in [0.25, 0.3) is 5.91 Å². The normalized spacial score (nSPS) is 12.2. The highest BCUT2D eigenvalue weighted by molar-refractivity contribution is 9.10. The molecule has 3 N–H and O–H groups in total. The first-order valence-electron chi connectivity index (χ1n) is 6.04. The maximum Gasteiger partial charge on any atom is 0.252 e. The van der Waals surface area contributed by atoms with Gasteiger partial charge in [0.1, 0.15) is 5.82 Å². The predicted octanol–water partition coefficient (Wildman–Crippen LogP) is 3.59. The van der Waals surface area contributed by atoms with Gasteiger partial charge in [-0.05, 0) is 63.8 Å². The first-order valence-corrected chi connectivity index (χ1v) is 7.77. The zero-order valence-electron chi connectivity index (χ0n) is 10.8. The number of hydrogen-bond donors (Lipinski definition) is 2. The minimum atomic E-state index is -0.542. The third-order valence-corrected chi connectivity index (χ3v) is 4.22. The molecule has 2 rings (SSSR count). The maximum atomic E-state index is 13.3. The van der Waals surface area contributed by atoms with Crippen molar-refractivity contribution in [2.75, 3.05) is 5.73 Å². The van der Waals surface area contributed by atoms with Crippen molar-refractivity contribution in [1.29, 1.82) is 0 Å². The Hall–Kier alpha value is -1.40. The van der Waals surface area contributed by atoms with Crippen molar-refractivity contribution in [2.24, 2.45) is 0 Å². The van der Waals surface area contributed by atoms with E-state index < -0.39 is 5.82 Å². The molecule has 1 aromatic heterocycles. The Morgan fingerprint density at radius 2 is 2.30 bits per heavy atom. The zero-order valence-corrected chi connectivity index (χ0v) is 13.2. The van der Waals surface area contributed by atoms with Crippen molar-refractivity contribution in [1.82, 2.24) is 5.32 Å². The number of thiophene rings is 1. The zero-order chi connectivity index (χ0) is 14.7. The number of benzene rings is 1. The Balaban J connectivity index is 2.06. The van der Waals surface area contributed by atoms with Gasteiger partial charge in [-0.3, -0.25) is 4.79 Å². The standard InChI is InChI=1S/C14H14BrFN2OS/c1-8(4-9-2-3-20-7-9)18-14(19)10-5-13(17)12(16)6-11(10)15/h2-3,5-8H,4,17H2,1H3,(H,18,19). The molecular weight excluding hydrogens is 343 g/mol. The molecule has 106 valence electrons. The van der Waals surface area contributed by atoms with E-state index in [4.69, 9.17) is 5.73 Å². The van der Waals surface area contributed by atoms with Gasteiger partial charge in [-0.15, -0.1) is 0 Å². The van der Waals surface area contributed by atoms with Crippen molar-refractivity contribution in [3.8, 4) is 0 Å². The van der Waals surface area contributed by atoms with Crippen LogP contribution in [-0.4, -0.2) is 11.9 Å². The Bertz CT molecular complexity index is 616. The molecule has 0 fully saturated rings. The van der Waals surface area contributed by atoms with E-state index in [2.05, 4.69) is 26.6 Å². The van der Waals surface area contributed by atoms with Gasteiger partial charge in [0.15, 0.2) is 0 Å². The van der Waals surface area contributed by atoms with Gasteiger partial charge in [0, 0.05) is 10.5 Å². The van der Waals surface area contributed by atoms with Gasteiger partial charge in [0.05, 0.1) is 11.3 Å². The molecule has 1 unspecified atom stereocenters. The quantitative estimate of drug-likeness (QED) is 0.822. The number of nitrogen functional groups attached to an aromatic ring is 1. The highest BCUT2D eigenvalue weighted by atomic mass is 79.9. The number of amides is 1. The molecule has 0 aliphatic rings. The molecule has 1 atom stereocenters. The van der Waals surface area contributed by atoms with Gasteiger partial charge in [-0.25, -0.2) is 4.39 Å². The summed E-state index contributed by atoms with van der Waals surface area (Å²) in [5.41, 5.74) is 6.97. The molecule has 6 heteroatoms. The molecule has 3 nitrogen and oxygen atoms in total. The van der Waals surface area contributed by atoms with Crippen LogP contribution in [0.2, 0.25) is 0 Å². The van der Waals surface area contributed by atoms with Gasteiger partial charge in [-0.1, -0.05) is 0 Å². The molecule has 1 amide bonds. The topological polar surface area (TPSA) is 55.1 Å². The monoisotopic (exact) mass is 356 g/mol. The molecular formula is C14H14BrFN2OS. The number of nitrogens with one attached hydrogen (secondary N) is 1. The van der Waals surface area contributed by atoms with Gasteiger partial charge in [-0.2, -0.15) is 11.3 Å². The molecule has 0 radical (unpaired) electrons. The minimum absolute atomic E-state index is 0.0183. The third-order valence-electron chi connectivity index (χ3n) is 2.83. The van der Waals surface area contributed by atoms with Crippen LogP contribution in [0.25, 0.3) is 0 Å². The van der Waals surface area contributed by atoms with Crippen molar-refractivity contribution in [2.45, 2.75) is 19.4 Å². The van der Waals surface area contributed by atoms with Crippen LogP contribution >= 0.6 is 27.3 Å². The summed E-state index contributed by atoms with van der Waals surface area (Å²) in [6.45, 7) is 1.93. The molecule has 1 heterocycles. The second-order valence-electron chi connectivity index (χ2n) is 4.56. The summed E-state index contributed by atoms with van der Waals surface area (Å²) in [5, 5.41) is 6.93. The molecule has 0 aliphatic heterocycles. The molecule has 2 aromatic rings. The van der Waals surface area contributed by atoms with Gasteiger partial charge >= 0.3 is 0 Å². The lowest BCUT2D eigenvalue weighted by atomic mass is 10.1. The highest BCUT2D eigenvalue weighted by Crippen LogP contribution is 2.23. The average Bonchev–Trinajstić information content (AvgIpc) is 2.86. The molecule has 0 saturated carbocycles. The summed E-state index contributed by atoms with van der Waals surface area (Å²) in [6, 6.07) is 4.55. The molecule has 0 bridgehead atoms. The van der Waals surface area contributed by atoms with Crippen LogP contribution in [0.3, 0.4) is 0 Å². The van der Waals surface area contributed by atoms with E-state index in [1.807, 2.05) is 18.4 Å². The Morgan fingerprint density at radius 1 is 1.55 bits per heavy atom. The lowest BCUT2D eigenvalue weighted by molar-refractivity contribution is 0.0939. The van der Waals surface area contributed by atoms with E-state index in [0.29, 0.717) is 10.0 Å². The predicted molar refractivity (Wildman–Crippen MR) is 83.5 cm³/mol. The molecule has 0 spiro atoms. The summed E-state index contributed by atoms with van der Waals surface area (Å²) in [6.07, 6.45) is 0.754. The smallest absolute Gasteiger partial charge is 0.252 e. The first-order chi connectivity index (χ1) is 9.47. The number of halogens is 2. The van der Waals surface area contributed by atoms with Crippen LogP contribution in [0.15, 0.2) is 33.4 Å². The number of carbonyl (C=O) groups is 1. The van der Waals surface area contributed by atoms with Crippen LogP contribution < -0.4 is 11.1 Å². The Kier molecular flexibility index (Phi) is 4.77. The molecule has 1 aromatic carbocycles. The van der Waals surface area contributed by atoms with Crippen LogP contribution in [0.1, 0.15) is 22.8 Å². The number of nitrogens with two attached hydrogens (primary N) is 1. The van der Waals surface area contributed by atoms with Crippen LogP contribution in [0.4, 0.5) is 10.1 Å². The lowest BCUT2D eigenvalue weighted by Gasteiger charge is -2.14. The van der Waals surface area contributed by atoms with Crippen molar-refractivity contribution in [3.63, 3.8) is 0 Å². The number of carbonyl (C=O) groups excluding carboxylic acids is 1. The van der Waals surface area contributed by atoms with E-state index in [0.717, 1.165) is 6.42 Å². The fourth-order valence-corrected chi connectivity index (χ4v) is 3.03. The number of anilines is 1. The van der Waals surface area contributed by atoms with Crippen molar-refractivity contribution < 1.29 is 9.18 Å². The van der Waals surface area contributed by atoms with E-state index >= 15 is 0 Å². The molecule has 20 heavy (non-hydrogen) atoms. The maximum absolute atomic E-state index is 13.3.